The summed E-state index contributed by atoms with van der Waals surface area (Å²) in [5.41, 5.74) is -0.935. The van der Waals surface area contributed by atoms with Gasteiger partial charge in [0.05, 0.1) is 24.7 Å². The first-order valence-electron chi connectivity index (χ1n) is 5.89. The van der Waals surface area contributed by atoms with E-state index in [1.165, 1.54) is 33.4 Å². The number of benzene rings is 1. The summed E-state index contributed by atoms with van der Waals surface area (Å²) in [5.74, 6) is 3.25. The molecule has 1 aromatic rings. The smallest absolute Gasteiger partial charge is 0.244 e. The molecule has 0 saturated heterocycles. The molecule has 110 valence electrons. The third-order valence-electron chi connectivity index (χ3n) is 3.12. The van der Waals surface area contributed by atoms with E-state index in [1.54, 1.807) is 19.9 Å². The molecule has 0 aliphatic rings. The molecule has 1 aromatic carbocycles. The predicted octanol–water partition coefficient (Wildman–Crippen LogP) is 1.74. The quantitative estimate of drug-likeness (QED) is 0.777. The first-order chi connectivity index (χ1) is 9.18. The van der Waals surface area contributed by atoms with Gasteiger partial charge < -0.3 is 9.47 Å². The minimum atomic E-state index is -3.74. The number of ether oxygens (including phenoxy) is 2. The van der Waals surface area contributed by atoms with Crippen LogP contribution < -0.4 is 9.47 Å². The molecule has 0 amide bonds. The number of hydrogen-bond donors (Lipinski definition) is 0. The van der Waals surface area contributed by atoms with Crippen molar-refractivity contribution in [1.82, 2.24) is 4.31 Å². The maximum Gasteiger partial charge on any atom is 0.244 e. The fourth-order valence-electron chi connectivity index (χ4n) is 1.48. The van der Waals surface area contributed by atoms with Crippen LogP contribution in [-0.2, 0) is 10.0 Å². The number of terminal acetylenes is 1. The molecule has 0 aromatic heterocycles. The van der Waals surface area contributed by atoms with Gasteiger partial charge in [-0.3, -0.25) is 0 Å². The summed E-state index contributed by atoms with van der Waals surface area (Å²) in [7, 11) is 0.620. The second kappa shape index (κ2) is 5.73. The van der Waals surface area contributed by atoms with E-state index in [9.17, 15) is 8.42 Å². The molecule has 0 saturated carbocycles. The van der Waals surface area contributed by atoms with Gasteiger partial charge in [0.25, 0.3) is 0 Å². The number of rotatable bonds is 5. The Morgan fingerprint density at radius 1 is 1.15 bits per heavy atom. The minimum absolute atomic E-state index is 0.0690. The normalized spacial score (nSPS) is 12.1. The molecule has 0 unspecified atom stereocenters. The highest BCUT2D eigenvalue weighted by atomic mass is 32.2. The van der Waals surface area contributed by atoms with E-state index in [0.29, 0.717) is 11.5 Å². The lowest BCUT2D eigenvalue weighted by Gasteiger charge is -2.30. The number of nitrogens with zero attached hydrogens (tertiary/aromatic N) is 1. The van der Waals surface area contributed by atoms with Crippen LogP contribution in [0.25, 0.3) is 0 Å². The van der Waals surface area contributed by atoms with Gasteiger partial charge in [-0.05, 0) is 13.8 Å². The summed E-state index contributed by atoms with van der Waals surface area (Å²) in [6.07, 6.45) is 5.39. The van der Waals surface area contributed by atoms with Crippen LogP contribution in [0.1, 0.15) is 13.8 Å². The molecular formula is C14H19NO4S. The van der Waals surface area contributed by atoms with Crippen molar-refractivity contribution in [2.45, 2.75) is 24.3 Å². The van der Waals surface area contributed by atoms with E-state index >= 15 is 0 Å². The average Bonchev–Trinajstić information content (AvgIpc) is 2.45. The first-order valence-corrected chi connectivity index (χ1v) is 7.33. The summed E-state index contributed by atoms with van der Waals surface area (Å²) >= 11 is 0. The van der Waals surface area contributed by atoms with Gasteiger partial charge in [-0.15, -0.1) is 6.42 Å². The third-order valence-corrected chi connectivity index (χ3v) is 5.13. The van der Waals surface area contributed by atoms with Gasteiger partial charge in [0.1, 0.15) is 11.5 Å². The van der Waals surface area contributed by atoms with Crippen LogP contribution in [0.2, 0.25) is 0 Å². The SMILES string of the molecule is C#CC(C)(C)N(C)S(=O)(=O)c1cc(OC)cc(OC)c1. The van der Waals surface area contributed by atoms with Gasteiger partial charge in [0.2, 0.25) is 10.0 Å². The van der Waals surface area contributed by atoms with Crippen molar-refractivity contribution in [2.24, 2.45) is 0 Å². The Hall–Kier alpha value is -1.71. The van der Waals surface area contributed by atoms with Crippen LogP contribution >= 0.6 is 0 Å². The van der Waals surface area contributed by atoms with E-state index in [1.807, 2.05) is 0 Å². The Kier molecular flexibility index (Phi) is 4.69. The Labute approximate surface area is 120 Å². The van der Waals surface area contributed by atoms with E-state index < -0.39 is 15.6 Å². The zero-order chi connectivity index (χ0) is 15.6. The highest BCUT2D eigenvalue weighted by Gasteiger charge is 2.33. The predicted molar refractivity (Wildman–Crippen MR) is 77.4 cm³/mol. The Morgan fingerprint density at radius 3 is 1.95 bits per heavy atom. The molecule has 20 heavy (non-hydrogen) atoms. The van der Waals surface area contributed by atoms with Crippen molar-refractivity contribution in [3.8, 4) is 23.8 Å². The molecule has 0 heterocycles. The molecule has 0 N–H and O–H groups in total. The van der Waals surface area contributed by atoms with Crippen molar-refractivity contribution < 1.29 is 17.9 Å². The maximum atomic E-state index is 12.6. The molecule has 1 rings (SSSR count). The second-order valence-electron chi connectivity index (χ2n) is 4.72. The van der Waals surface area contributed by atoms with E-state index in [0.717, 1.165) is 4.31 Å². The molecule has 5 nitrogen and oxygen atoms in total. The molecule has 0 aliphatic carbocycles. The number of sulfonamides is 1. The molecule has 0 bridgehead atoms. The lowest BCUT2D eigenvalue weighted by Crippen LogP contribution is -2.43. The van der Waals surface area contributed by atoms with Gasteiger partial charge in [-0.1, -0.05) is 5.92 Å². The summed E-state index contributed by atoms with van der Waals surface area (Å²) in [5, 5.41) is 0. The summed E-state index contributed by atoms with van der Waals surface area (Å²) < 4.78 is 36.5. The molecule has 0 radical (unpaired) electrons. The average molecular weight is 297 g/mol. The fourth-order valence-corrected chi connectivity index (χ4v) is 2.98. The van der Waals surface area contributed by atoms with Crippen LogP contribution in [0.15, 0.2) is 23.1 Å². The molecular weight excluding hydrogens is 278 g/mol. The van der Waals surface area contributed by atoms with Crippen molar-refractivity contribution in [1.29, 1.82) is 0 Å². The minimum Gasteiger partial charge on any atom is -0.497 e. The summed E-state index contributed by atoms with van der Waals surface area (Å²) in [4.78, 5) is 0.0690. The monoisotopic (exact) mass is 297 g/mol. The first kappa shape index (κ1) is 16.3. The second-order valence-corrected chi connectivity index (χ2v) is 6.69. The maximum absolute atomic E-state index is 12.6. The van der Waals surface area contributed by atoms with Crippen molar-refractivity contribution in [3.05, 3.63) is 18.2 Å². The zero-order valence-electron chi connectivity index (χ0n) is 12.3. The highest BCUT2D eigenvalue weighted by Crippen LogP contribution is 2.29. The molecule has 6 heteroatoms. The molecule has 0 aliphatic heterocycles. The van der Waals surface area contributed by atoms with E-state index in [-0.39, 0.29) is 4.90 Å². The zero-order valence-corrected chi connectivity index (χ0v) is 13.1. The number of hydrogen-bond acceptors (Lipinski definition) is 4. The van der Waals surface area contributed by atoms with Crippen LogP contribution in [0.5, 0.6) is 11.5 Å². The topological polar surface area (TPSA) is 55.8 Å². The highest BCUT2D eigenvalue weighted by molar-refractivity contribution is 7.89. The van der Waals surface area contributed by atoms with E-state index in [4.69, 9.17) is 15.9 Å². The van der Waals surface area contributed by atoms with Gasteiger partial charge in [-0.2, -0.15) is 4.31 Å². The third kappa shape index (κ3) is 3.06. The molecule has 0 atom stereocenters. The number of methoxy groups -OCH3 is 2. The molecule has 0 spiro atoms. The van der Waals surface area contributed by atoms with E-state index in [2.05, 4.69) is 5.92 Å². The molecule has 0 fully saturated rings. The summed E-state index contributed by atoms with van der Waals surface area (Å²) in [6.45, 7) is 3.31. The Morgan fingerprint density at radius 2 is 1.60 bits per heavy atom. The van der Waals surface area contributed by atoms with Crippen molar-refractivity contribution in [3.63, 3.8) is 0 Å². The Bertz CT molecular complexity index is 607. The standard InChI is InChI=1S/C14H19NO4S/c1-7-14(2,3)15(4)20(16,17)13-9-11(18-5)8-12(10-13)19-6/h1,8-10H,2-6H3. The Balaban J connectivity index is 3.40. The van der Waals surface area contributed by atoms with Gasteiger partial charge in [-0.25, -0.2) is 8.42 Å². The summed E-state index contributed by atoms with van der Waals surface area (Å²) in [6, 6.07) is 4.47. The van der Waals surface area contributed by atoms with Gasteiger partial charge >= 0.3 is 0 Å². The van der Waals surface area contributed by atoms with Crippen LogP contribution in [-0.4, -0.2) is 39.5 Å². The van der Waals surface area contributed by atoms with Gasteiger partial charge in [0, 0.05) is 25.2 Å². The van der Waals surface area contributed by atoms with Crippen LogP contribution in [0.3, 0.4) is 0 Å². The fraction of sp³-hybridized carbons (Fsp3) is 0.429. The van der Waals surface area contributed by atoms with Gasteiger partial charge in [0.15, 0.2) is 0 Å². The lowest BCUT2D eigenvalue weighted by molar-refractivity contribution is 0.339. The van der Waals surface area contributed by atoms with Crippen molar-refractivity contribution in [2.75, 3.05) is 21.3 Å². The van der Waals surface area contributed by atoms with Crippen LogP contribution in [0.4, 0.5) is 0 Å². The largest absolute Gasteiger partial charge is 0.497 e. The van der Waals surface area contributed by atoms with Crippen molar-refractivity contribution >= 4 is 10.0 Å². The lowest BCUT2D eigenvalue weighted by atomic mass is 10.1. The van der Waals surface area contributed by atoms with Crippen LogP contribution in [0, 0.1) is 12.3 Å².